The summed E-state index contributed by atoms with van der Waals surface area (Å²) in [4.78, 5) is 37.2. The summed E-state index contributed by atoms with van der Waals surface area (Å²) in [7, 11) is 2.50. The van der Waals surface area contributed by atoms with Crippen LogP contribution in [0.5, 0.6) is 0 Å². The van der Waals surface area contributed by atoms with E-state index in [1.807, 2.05) is 6.92 Å². The molecule has 0 aromatic rings. The second-order valence-electron chi connectivity index (χ2n) is 6.22. The van der Waals surface area contributed by atoms with Crippen LogP contribution in [0, 0.1) is 29.1 Å². The fourth-order valence-electron chi connectivity index (χ4n) is 4.16. The molecule has 5 heteroatoms. The van der Waals surface area contributed by atoms with Crippen molar-refractivity contribution >= 4 is 17.7 Å². The van der Waals surface area contributed by atoms with Gasteiger partial charge < -0.3 is 9.47 Å². The van der Waals surface area contributed by atoms with Gasteiger partial charge in [0.25, 0.3) is 0 Å². The molecule has 0 heterocycles. The number of ether oxygens (including phenoxy) is 2. The highest BCUT2D eigenvalue weighted by atomic mass is 16.5. The zero-order valence-corrected chi connectivity index (χ0v) is 13.0. The SMILES string of the molecule is C=C1CC(C(=O)OC)(C(=O)OC)[C@H]2C[C@H]1[C@@H](C)C(=O)[C@H]2C. The van der Waals surface area contributed by atoms with Crippen molar-refractivity contribution < 1.29 is 23.9 Å². The average molecular weight is 294 g/mol. The number of carbonyl (C=O) groups excluding carboxylic acids is 3. The highest BCUT2D eigenvalue weighted by Crippen LogP contribution is 2.56. The Morgan fingerprint density at radius 2 is 1.67 bits per heavy atom. The Balaban J connectivity index is 2.56. The smallest absolute Gasteiger partial charge is 0.323 e. The molecule has 4 atom stereocenters. The van der Waals surface area contributed by atoms with Crippen molar-refractivity contribution in [3.8, 4) is 0 Å². The maximum absolute atomic E-state index is 12.4. The molecule has 21 heavy (non-hydrogen) atoms. The number of Topliss-reactive ketones (excluding diaryl/α,β-unsaturated/α-hetero) is 1. The highest BCUT2D eigenvalue weighted by molar-refractivity contribution is 6.02. The van der Waals surface area contributed by atoms with Crippen LogP contribution in [0.2, 0.25) is 0 Å². The van der Waals surface area contributed by atoms with E-state index in [1.54, 1.807) is 6.92 Å². The van der Waals surface area contributed by atoms with E-state index in [0.717, 1.165) is 5.57 Å². The third-order valence-electron chi connectivity index (χ3n) is 5.38. The second kappa shape index (κ2) is 5.28. The average Bonchev–Trinajstić information content (AvgIpc) is 2.49. The third kappa shape index (κ3) is 2.01. The molecule has 0 radical (unpaired) electrons. The minimum absolute atomic E-state index is 0.0288. The lowest BCUT2D eigenvalue weighted by molar-refractivity contribution is -0.181. The van der Waals surface area contributed by atoms with Gasteiger partial charge in [-0.05, 0) is 24.7 Å². The second-order valence-corrected chi connectivity index (χ2v) is 6.22. The van der Waals surface area contributed by atoms with E-state index in [2.05, 4.69) is 6.58 Å². The normalized spacial score (nSPS) is 34.3. The Bertz CT molecular complexity index is 491. The van der Waals surface area contributed by atoms with Crippen LogP contribution in [-0.4, -0.2) is 31.9 Å². The topological polar surface area (TPSA) is 69.7 Å². The molecular formula is C16H22O5. The summed E-state index contributed by atoms with van der Waals surface area (Å²) >= 11 is 0. The van der Waals surface area contributed by atoms with E-state index in [0.29, 0.717) is 6.42 Å². The number of methoxy groups -OCH3 is 2. The molecule has 2 bridgehead atoms. The minimum atomic E-state index is -1.44. The van der Waals surface area contributed by atoms with Crippen LogP contribution in [0.1, 0.15) is 26.7 Å². The Kier molecular flexibility index (Phi) is 3.95. The number of carbonyl (C=O) groups is 3. The molecular weight excluding hydrogens is 272 g/mol. The maximum Gasteiger partial charge on any atom is 0.323 e. The summed E-state index contributed by atoms with van der Waals surface area (Å²) < 4.78 is 9.75. The monoisotopic (exact) mass is 294 g/mol. The van der Waals surface area contributed by atoms with E-state index < -0.39 is 23.3 Å². The van der Waals surface area contributed by atoms with E-state index >= 15 is 0 Å². The molecule has 0 N–H and O–H groups in total. The zero-order chi connectivity index (χ0) is 15.9. The number of fused-ring (bicyclic) bond motifs is 2. The Morgan fingerprint density at radius 1 is 1.14 bits per heavy atom. The summed E-state index contributed by atoms with van der Waals surface area (Å²) in [5, 5.41) is 0. The molecule has 0 aromatic carbocycles. The van der Waals surface area contributed by atoms with Crippen molar-refractivity contribution in [3.63, 3.8) is 0 Å². The number of ketones is 1. The Morgan fingerprint density at radius 3 is 2.14 bits per heavy atom. The maximum atomic E-state index is 12.4. The van der Waals surface area contributed by atoms with Crippen LogP contribution < -0.4 is 0 Å². The summed E-state index contributed by atoms with van der Waals surface area (Å²) in [6.07, 6.45) is 0.792. The first-order valence-electron chi connectivity index (χ1n) is 7.19. The van der Waals surface area contributed by atoms with Crippen LogP contribution in [-0.2, 0) is 23.9 Å². The van der Waals surface area contributed by atoms with Crippen LogP contribution in [0.4, 0.5) is 0 Å². The van der Waals surface area contributed by atoms with E-state index in [1.165, 1.54) is 14.2 Å². The zero-order valence-electron chi connectivity index (χ0n) is 13.0. The van der Waals surface area contributed by atoms with Gasteiger partial charge in [-0.1, -0.05) is 26.0 Å². The lowest BCUT2D eigenvalue weighted by Crippen LogP contribution is -2.58. The van der Waals surface area contributed by atoms with Gasteiger partial charge in [0, 0.05) is 11.8 Å². The van der Waals surface area contributed by atoms with Crippen molar-refractivity contribution in [2.45, 2.75) is 26.7 Å². The molecule has 0 unspecified atom stereocenters. The van der Waals surface area contributed by atoms with E-state index in [9.17, 15) is 14.4 Å². The molecule has 2 saturated carbocycles. The van der Waals surface area contributed by atoms with Crippen LogP contribution in [0.3, 0.4) is 0 Å². The molecule has 0 amide bonds. The quantitative estimate of drug-likeness (QED) is 0.441. The third-order valence-corrected chi connectivity index (χ3v) is 5.38. The van der Waals surface area contributed by atoms with Gasteiger partial charge in [0.2, 0.25) is 0 Å². The molecule has 2 rings (SSSR count). The molecule has 2 aliphatic carbocycles. The summed E-state index contributed by atoms with van der Waals surface area (Å²) in [5.41, 5.74) is -0.679. The van der Waals surface area contributed by atoms with E-state index in [4.69, 9.17) is 9.47 Å². The van der Waals surface area contributed by atoms with Crippen molar-refractivity contribution in [1.29, 1.82) is 0 Å². The predicted molar refractivity (Wildman–Crippen MR) is 75.2 cm³/mol. The van der Waals surface area contributed by atoms with Crippen molar-refractivity contribution in [3.05, 3.63) is 12.2 Å². The fourth-order valence-corrected chi connectivity index (χ4v) is 4.16. The molecule has 116 valence electrons. The summed E-state index contributed by atoms with van der Waals surface area (Å²) in [6, 6.07) is 0. The van der Waals surface area contributed by atoms with Crippen LogP contribution >= 0.6 is 0 Å². The molecule has 5 nitrogen and oxygen atoms in total. The largest absolute Gasteiger partial charge is 0.468 e. The van der Waals surface area contributed by atoms with Crippen LogP contribution in [0.25, 0.3) is 0 Å². The lowest BCUT2D eigenvalue weighted by atomic mass is 9.51. The molecule has 2 fully saturated rings. The summed E-state index contributed by atoms with van der Waals surface area (Å²) in [5.74, 6) is -2.03. The van der Waals surface area contributed by atoms with Gasteiger partial charge in [0.15, 0.2) is 5.41 Å². The van der Waals surface area contributed by atoms with Gasteiger partial charge in [-0.25, -0.2) is 0 Å². The van der Waals surface area contributed by atoms with Gasteiger partial charge in [0.05, 0.1) is 14.2 Å². The van der Waals surface area contributed by atoms with Crippen LogP contribution in [0.15, 0.2) is 12.2 Å². The van der Waals surface area contributed by atoms with Crippen molar-refractivity contribution in [2.75, 3.05) is 14.2 Å². The lowest BCUT2D eigenvalue weighted by Gasteiger charge is -2.50. The highest BCUT2D eigenvalue weighted by Gasteiger charge is 2.63. The molecule has 2 aliphatic rings. The molecule has 0 saturated heterocycles. The van der Waals surface area contributed by atoms with Gasteiger partial charge in [-0.2, -0.15) is 0 Å². The van der Waals surface area contributed by atoms with Gasteiger partial charge >= 0.3 is 11.9 Å². The Labute approximate surface area is 124 Å². The minimum Gasteiger partial charge on any atom is -0.468 e. The molecule has 0 aliphatic heterocycles. The molecule has 0 aromatic heterocycles. The van der Waals surface area contributed by atoms with E-state index in [-0.39, 0.29) is 30.0 Å². The number of esters is 2. The predicted octanol–water partition coefficient (Wildman–Crippen LogP) is 1.76. The fraction of sp³-hybridized carbons (Fsp3) is 0.688. The first-order valence-corrected chi connectivity index (χ1v) is 7.19. The summed E-state index contributed by atoms with van der Waals surface area (Å²) in [6.45, 7) is 7.69. The Hall–Kier alpha value is -1.65. The number of allylic oxidation sites excluding steroid dienone is 1. The first-order chi connectivity index (χ1) is 9.81. The van der Waals surface area contributed by atoms with Crippen molar-refractivity contribution in [1.82, 2.24) is 0 Å². The van der Waals surface area contributed by atoms with Gasteiger partial charge in [0.1, 0.15) is 5.78 Å². The molecule has 0 spiro atoms. The number of rotatable bonds is 2. The number of hydrogen-bond acceptors (Lipinski definition) is 5. The van der Waals surface area contributed by atoms with Gasteiger partial charge in [-0.15, -0.1) is 0 Å². The number of hydrogen-bond donors (Lipinski definition) is 0. The van der Waals surface area contributed by atoms with Crippen molar-refractivity contribution in [2.24, 2.45) is 29.1 Å². The first kappa shape index (κ1) is 15.7. The van der Waals surface area contributed by atoms with Gasteiger partial charge in [-0.3, -0.25) is 14.4 Å². The standard InChI is InChI=1S/C16H22O5/c1-8-7-16(14(18)20-4,15(19)21-5)12-6-11(8)9(2)13(17)10(12)3/h9-12H,1,6-7H2,2-5H3/t9-,10+,11-,12+/m1/s1.